The largest absolute Gasteiger partial charge is 0.321 e. The van der Waals surface area contributed by atoms with Crippen molar-refractivity contribution in [2.45, 2.75) is 13.8 Å². The van der Waals surface area contributed by atoms with Crippen molar-refractivity contribution < 1.29 is 4.79 Å². The van der Waals surface area contributed by atoms with Crippen LogP contribution in [-0.4, -0.2) is 15.7 Å². The molecule has 2 aromatic carbocycles. The van der Waals surface area contributed by atoms with Gasteiger partial charge in [0.1, 0.15) is 10.5 Å². The highest BCUT2D eigenvalue weighted by atomic mass is 35.5. The van der Waals surface area contributed by atoms with E-state index in [-0.39, 0.29) is 5.91 Å². The van der Waals surface area contributed by atoms with Crippen LogP contribution in [0.2, 0.25) is 5.02 Å². The molecule has 0 aliphatic carbocycles. The van der Waals surface area contributed by atoms with E-state index in [2.05, 4.69) is 16.5 Å². The van der Waals surface area contributed by atoms with Crippen LogP contribution in [0.25, 0.3) is 21.5 Å². The summed E-state index contributed by atoms with van der Waals surface area (Å²) in [6, 6.07) is 15.5. The van der Waals surface area contributed by atoms with Crippen LogP contribution in [-0.2, 0) is 7.05 Å². The summed E-state index contributed by atoms with van der Waals surface area (Å²) in [6.07, 6.45) is 0. The maximum atomic E-state index is 12.8. The smallest absolute Gasteiger partial charge is 0.265 e. The quantitative estimate of drug-likeness (QED) is 0.474. The fourth-order valence-corrected chi connectivity index (χ4v) is 4.20. The third kappa shape index (κ3) is 3.36. The van der Waals surface area contributed by atoms with Crippen LogP contribution < -0.4 is 5.32 Å². The number of aryl methyl sites for hydroxylation is 3. The number of carbonyl (C=O) groups is 1. The molecule has 0 aliphatic rings. The zero-order valence-corrected chi connectivity index (χ0v) is 16.8. The molecule has 0 atom stereocenters. The van der Waals surface area contributed by atoms with E-state index < -0.39 is 0 Å². The Morgan fingerprint density at radius 1 is 1.11 bits per heavy atom. The van der Waals surface area contributed by atoms with Crippen molar-refractivity contribution in [3.05, 3.63) is 69.6 Å². The first-order valence-electron chi connectivity index (χ1n) is 8.53. The van der Waals surface area contributed by atoms with E-state index in [1.807, 2.05) is 68.0 Å². The minimum absolute atomic E-state index is 0.106. The van der Waals surface area contributed by atoms with E-state index in [1.54, 1.807) is 0 Å². The Morgan fingerprint density at radius 3 is 2.56 bits per heavy atom. The van der Waals surface area contributed by atoms with Gasteiger partial charge < -0.3 is 5.32 Å². The molecule has 0 saturated heterocycles. The average Bonchev–Trinajstić information content (AvgIpc) is 3.19. The summed E-state index contributed by atoms with van der Waals surface area (Å²) in [7, 11) is 1.89. The van der Waals surface area contributed by atoms with Crippen LogP contribution in [0.5, 0.6) is 0 Å². The van der Waals surface area contributed by atoms with Crippen molar-refractivity contribution in [2.75, 3.05) is 5.32 Å². The average molecular weight is 396 g/mol. The van der Waals surface area contributed by atoms with Gasteiger partial charge in [0.15, 0.2) is 0 Å². The number of amides is 1. The number of anilines is 1. The number of carbonyl (C=O) groups excluding carboxylic acids is 1. The monoisotopic (exact) mass is 395 g/mol. The van der Waals surface area contributed by atoms with Crippen LogP contribution in [0.15, 0.2) is 48.5 Å². The lowest BCUT2D eigenvalue weighted by atomic mass is 10.1. The fraction of sp³-hybridized carbons (Fsp3) is 0.143. The van der Waals surface area contributed by atoms with Gasteiger partial charge in [0, 0.05) is 28.7 Å². The second-order valence-electron chi connectivity index (χ2n) is 6.58. The highest BCUT2D eigenvalue weighted by Crippen LogP contribution is 2.34. The van der Waals surface area contributed by atoms with E-state index in [1.165, 1.54) is 16.9 Å². The molecule has 2 heterocycles. The van der Waals surface area contributed by atoms with Gasteiger partial charge in [0.2, 0.25) is 0 Å². The molecule has 0 unspecified atom stereocenters. The van der Waals surface area contributed by atoms with Gasteiger partial charge in [0.05, 0.1) is 4.88 Å². The Labute approximate surface area is 166 Å². The highest BCUT2D eigenvalue weighted by molar-refractivity contribution is 7.20. The topological polar surface area (TPSA) is 46.9 Å². The van der Waals surface area contributed by atoms with Crippen LogP contribution in [0.3, 0.4) is 0 Å². The number of thiophene rings is 1. The summed E-state index contributed by atoms with van der Waals surface area (Å²) >= 11 is 7.43. The molecular formula is C21H18ClN3OS. The normalized spacial score (nSPS) is 11.1. The molecule has 1 amide bonds. The van der Waals surface area contributed by atoms with Crippen LogP contribution in [0.1, 0.15) is 20.8 Å². The highest BCUT2D eigenvalue weighted by Gasteiger charge is 2.18. The Bertz CT molecular complexity index is 1160. The van der Waals surface area contributed by atoms with E-state index >= 15 is 0 Å². The standard InChI is InChI=1S/C21H18ClN3OS/c1-12-4-9-17(13(2)10-12)23-20(26)18-11-16-19(24-25(3)21(16)27-18)14-5-7-15(22)8-6-14/h4-11H,1-3H3,(H,23,26). The van der Waals surface area contributed by atoms with Crippen molar-refractivity contribution >= 4 is 44.7 Å². The van der Waals surface area contributed by atoms with Crippen LogP contribution in [0, 0.1) is 13.8 Å². The van der Waals surface area contributed by atoms with Crippen LogP contribution in [0.4, 0.5) is 5.69 Å². The molecule has 0 bridgehead atoms. The predicted molar refractivity (Wildman–Crippen MR) is 113 cm³/mol. The number of nitrogens with zero attached hydrogens (tertiary/aromatic N) is 2. The third-order valence-corrected chi connectivity index (χ3v) is 5.94. The lowest BCUT2D eigenvalue weighted by molar-refractivity contribution is 0.103. The SMILES string of the molecule is Cc1ccc(NC(=O)c2cc3c(-c4ccc(Cl)cc4)nn(C)c3s2)c(C)c1. The molecule has 0 spiro atoms. The van der Waals surface area contributed by atoms with Gasteiger partial charge in [-0.1, -0.05) is 41.4 Å². The predicted octanol–water partition coefficient (Wildman–Crippen LogP) is 5.82. The first-order valence-corrected chi connectivity index (χ1v) is 9.73. The molecule has 2 aromatic heterocycles. The van der Waals surface area contributed by atoms with Crippen molar-refractivity contribution in [3.63, 3.8) is 0 Å². The number of rotatable bonds is 3. The van der Waals surface area contributed by atoms with Gasteiger partial charge in [0.25, 0.3) is 5.91 Å². The van der Waals surface area contributed by atoms with Gasteiger partial charge in [-0.3, -0.25) is 9.48 Å². The van der Waals surface area contributed by atoms with E-state index in [0.29, 0.717) is 9.90 Å². The number of halogens is 1. The van der Waals surface area contributed by atoms with Gasteiger partial charge in [-0.2, -0.15) is 5.10 Å². The van der Waals surface area contributed by atoms with Gasteiger partial charge in [-0.25, -0.2) is 0 Å². The van der Waals surface area contributed by atoms with Gasteiger partial charge >= 0.3 is 0 Å². The zero-order chi connectivity index (χ0) is 19.1. The minimum atomic E-state index is -0.106. The maximum absolute atomic E-state index is 12.8. The lowest BCUT2D eigenvalue weighted by Gasteiger charge is -2.08. The molecule has 27 heavy (non-hydrogen) atoms. The first-order chi connectivity index (χ1) is 12.9. The number of benzene rings is 2. The number of nitrogens with one attached hydrogen (secondary N) is 1. The fourth-order valence-electron chi connectivity index (χ4n) is 3.11. The number of fused-ring (bicyclic) bond motifs is 1. The van der Waals surface area contributed by atoms with Gasteiger partial charge in [-0.05, 0) is 43.7 Å². The lowest BCUT2D eigenvalue weighted by Crippen LogP contribution is -2.11. The molecule has 0 radical (unpaired) electrons. The molecule has 4 nitrogen and oxygen atoms in total. The summed E-state index contributed by atoms with van der Waals surface area (Å²) < 4.78 is 1.82. The van der Waals surface area contributed by atoms with Crippen LogP contribution >= 0.6 is 22.9 Å². The minimum Gasteiger partial charge on any atom is -0.321 e. The zero-order valence-electron chi connectivity index (χ0n) is 15.2. The van der Waals surface area contributed by atoms with Crippen molar-refractivity contribution in [3.8, 4) is 11.3 Å². The summed E-state index contributed by atoms with van der Waals surface area (Å²) in [5, 5.41) is 9.28. The molecule has 0 fully saturated rings. The Balaban J connectivity index is 1.70. The molecule has 4 rings (SSSR count). The Hall–Kier alpha value is -2.63. The molecule has 4 aromatic rings. The molecule has 0 aliphatic heterocycles. The van der Waals surface area contributed by atoms with E-state index in [4.69, 9.17) is 11.6 Å². The molecule has 6 heteroatoms. The number of hydrogen-bond acceptors (Lipinski definition) is 3. The maximum Gasteiger partial charge on any atom is 0.265 e. The molecular weight excluding hydrogens is 378 g/mol. The Morgan fingerprint density at radius 2 is 1.85 bits per heavy atom. The van der Waals surface area contributed by atoms with Crippen molar-refractivity contribution in [2.24, 2.45) is 7.05 Å². The van der Waals surface area contributed by atoms with Crippen molar-refractivity contribution in [1.29, 1.82) is 0 Å². The summed E-state index contributed by atoms with van der Waals surface area (Å²) in [5.74, 6) is -0.106. The molecule has 0 saturated carbocycles. The first kappa shape index (κ1) is 17.8. The molecule has 136 valence electrons. The van der Waals surface area contributed by atoms with E-state index in [9.17, 15) is 4.79 Å². The second kappa shape index (κ2) is 6.83. The Kier molecular flexibility index (Phi) is 4.50. The number of aromatic nitrogens is 2. The van der Waals surface area contributed by atoms with Gasteiger partial charge in [-0.15, -0.1) is 11.3 Å². The third-order valence-electron chi connectivity index (χ3n) is 4.48. The summed E-state index contributed by atoms with van der Waals surface area (Å²) in [4.78, 5) is 14.4. The summed E-state index contributed by atoms with van der Waals surface area (Å²) in [6.45, 7) is 4.03. The van der Waals surface area contributed by atoms with E-state index in [0.717, 1.165) is 32.7 Å². The number of hydrogen-bond donors (Lipinski definition) is 1. The van der Waals surface area contributed by atoms with Crippen molar-refractivity contribution in [1.82, 2.24) is 9.78 Å². The summed E-state index contributed by atoms with van der Waals surface area (Å²) in [5.41, 5.74) is 4.88. The molecule has 1 N–H and O–H groups in total. The second-order valence-corrected chi connectivity index (χ2v) is 8.05.